The van der Waals surface area contributed by atoms with Gasteiger partial charge in [-0.3, -0.25) is 0 Å². The normalized spacial score (nSPS) is 14.2. The second-order valence-corrected chi connectivity index (χ2v) is 5.07. The van der Waals surface area contributed by atoms with Crippen molar-refractivity contribution in [2.24, 2.45) is 0 Å². The van der Waals surface area contributed by atoms with E-state index in [4.69, 9.17) is 0 Å². The van der Waals surface area contributed by atoms with E-state index < -0.39 is 0 Å². The van der Waals surface area contributed by atoms with Crippen molar-refractivity contribution in [3.63, 3.8) is 0 Å². The number of nitrogens with zero attached hydrogens (tertiary/aromatic N) is 1. The summed E-state index contributed by atoms with van der Waals surface area (Å²) in [5, 5.41) is 2.78. The Morgan fingerprint density at radius 2 is 1.72 bits per heavy atom. The van der Waals surface area contributed by atoms with Crippen molar-refractivity contribution in [3.8, 4) is 22.3 Å². The average molecular weight is 229 g/mol. The number of hydrogen-bond acceptors (Lipinski definition) is 0. The number of aromatic nitrogens is 1. The summed E-state index contributed by atoms with van der Waals surface area (Å²) >= 11 is 0. The fourth-order valence-corrected chi connectivity index (χ4v) is 3.46. The first kappa shape index (κ1) is 8.76. The highest BCUT2D eigenvalue weighted by Gasteiger charge is 2.27. The SMILES string of the molecule is C1=Cn2cc3c(c2C1)-c1cccc2cccc-3c12. The van der Waals surface area contributed by atoms with Crippen LogP contribution in [0.1, 0.15) is 5.69 Å². The minimum absolute atomic E-state index is 1.06. The van der Waals surface area contributed by atoms with Crippen molar-refractivity contribution in [1.29, 1.82) is 0 Å². The molecule has 0 saturated carbocycles. The highest BCUT2D eigenvalue weighted by atomic mass is 15.0. The Bertz CT molecular complexity index is 844. The van der Waals surface area contributed by atoms with Crippen molar-refractivity contribution in [2.45, 2.75) is 6.42 Å². The molecule has 0 radical (unpaired) electrons. The van der Waals surface area contributed by atoms with Crippen LogP contribution >= 0.6 is 0 Å². The maximum absolute atomic E-state index is 2.28. The van der Waals surface area contributed by atoms with E-state index in [2.05, 4.69) is 59.4 Å². The summed E-state index contributed by atoms with van der Waals surface area (Å²) in [7, 11) is 0. The van der Waals surface area contributed by atoms with Gasteiger partial charge in [0.25, 0.3) is 0 Å². The topological polar surface area (TPSA) is 4.93 Å². The van der Waals surface area contributed by atoms with E-state index in [0.29, 0.717) is 0 Å². The van der Waals surface area contributed by atoms with Crippen molar-refractivity contribution in [2.75, 3.05) is 0 Å². The first-order valence-electron chi connectivity index (χ1n) is 6.36. The zero-order valence-corrected chi connectivity index (χ0v) is 9.85. The summed E-state index contributed by atoms with van der Waals surface area (Å²) in [5.74, 6) is 0. The zero-order chi connectivity index (χ0) is 11.7. The summed E-state index contributed by atoms with van der Waals surface area (Å²) in [4.78, 5) is 0. The number of hydrogen-bond donors (Lipinski definition) is 0. The standard InChI is InChI=1S/C17H11N/c1-4-11-5-2-7-13-16(11)12(6-1)14-10-18-9-3-8-15(18)17(13)14/h1-7,9-10H,8H2. The number of fused-ring (bicyclic) bond motifs is 5. The summed E-state index contributed by atoms with van der Waals surface area (Å²) in [5.41, 5.74) is 7.10. The molecule has 2 heterocycles. The van der Waals surface area contributed by atoms with Crippen molar-refractivity contribution in [1.82, 2.24) is 4.57 Å². The van der Waals surface area contributed by atoms with Crippen molar-refractivity contribution in [3.05, 3.63) is 54.4 Å². The molecule has 18 heavy (non-hydrogen) atoms. The van der Waals surface area contributed by atoms with Gasteiger partial charge >= 0.3 is 0 Å². The largest absolute Gasteiger partial charge is 0.326 e. The van der Waals surface area contributed by atoms with Gasteiger partial charge in [0.05, 0.1) is 0 Å². The maximum atomic E-state index is 2.28. The van der Waals surface area contributed by atoms with Gasteiger partial charge in [0.2, 0.25) is 0 Å². The van der Waals surface area contributed by atoms with Gasteiger partial charge in [-0.25, -0.2) is 0 Å². The minimum Gasteiger partial charge on any atom is -0.326 e. The molecule has 0 N–H and O–H groups in total. The first-order valence-corrected chi connectivity index (χ1v) is 6.36. The smallest absolute Gasteiger partial charge is 0.0344 e. The molecule has 0 bridgehead atoms. The van der Waals surface area contributed by atoms with E-state index in [0.717, 1.165) is 6.42 Å². The highest BCUT2D eigenvalue weighted by Crippen LogP contribution is 2.50. The van der Waals surface area contributed by atoms with E-state index in [9.17, 15) is 0 Å². The lowest BCUT2D eigenvalue weighted by Crippen LogP contribution is -1.87. The maximum Gasteiger partial charge on any atom is 0.0344 e. The molecular weight excluding hydrogens is 218 g/mol. The van der Waals surface area contributed by atoms with Gasteiger partial charge in [0.15, 0.2) is 0 Å². The zero-order valence-electron chi connectivity index (χ0n) is 9.85. The van der Waals surface area contributed by atoms with Crippen molar-refractivity contribution >= 4 is 17.0 Å². The molecule has 1 aliphatic heterocycles. The van der Waals surface area contributed by atoms with E-state index in [1.165, 1.54) is 38.7 Å². The molecule has 0 fully saturated rings. The van der Waals surface area contributed by atoms with Crippen LogP contribution < -0.4 is 0 Å². The van der Waals surface area contributed by atoms with Crippen molar-refractivity contribution < 1.29 is 0 Å². The van der Waals surface area contributed by atoms with Crippen LogP contribution in [0.5, 0.6) is 0 Å². The lowest BCUT2D eigenvalue weighted by molar-refractivity contribution is 1.09. The third kappa shape index (κ3) is 0.830. The monoisotopic (exact) mass is 229 g/mol. The second-order valence-electron chi connectivity index (χ2n) is 5.07. The van der Waals surface area contributed by atoms with Gasteiger partial charge in [-0.1, -0.05) is 42.5 Å². The Morgan fingerprint density at radius 1 is 0.889 bits per heavy atom. The molecular formula is C17H11N. The van der Waals surface area contributed by atoms with Gasteiger partial charge in [-0.2, -0.15) is 0 Å². The lowest BCUT2D eigenvalue weighted by Gasteiger charge is -2.04. The first-order chi connectivity index (χ1) is 8.93. The fourth-order valence-electron chi connectivity index (χ4n) is 3.46. The Morgan fingerprint density at radius 3 is 2.61 bits per heavy atom. The molecule has 0 amide bonds. The van der Waals surface area contributed by atoms with Gasteiger partial charge in [0.1, 0.15) is 0 Å². The third-order valence-corrected chi connectivity index (χ3v) is 4.18. The van der Waals surface area contributed by atoms with E-state index in [1.807, 2.05) is 0 Å². The molecule has 84 valence electrons. The summed E-state index contributed by atoms with van der Waals surface area (Å²) < 4.78 is 2.28. The number of benzene rings is 2. The molecule has 1 heteroatoms. The molecule has 0 spiro atoms. The molecule has 2 aliphatic rings. The second kappa shape index (κ2) is 2.75. The van der Waals surface area contributed by atoms with Crippen LogP contribution in [0.3, 0.4) is 0 Å². The van der Waals surface area contributed by atoms with E-state index in [1.54, 1.807) is 0 Å². The van der Waals surface area contributed by atoms with Crippen LogP contribution in [-0.4, -0.2) is 4.57 Å². The predicted octanol–water partition coefficient (Wildman–Crippen LogP) is 4.32. The molecule has 1 aliphatic carbocycles. The molecule has 2 aromatic carbocycles. The molecule has 5 rings (SSSR count). The van der Waals surface area contributed by atoms with Crippen LogP contribution in [0.25, 0.3) is 39.2 Å². The molecule has 1 aromatic heterocycles. The third-order valence-electron chi connectivity index (χ3n) is 4.18. The predicted molar refractivity (Wildman–Crippen MR) is 75.4 cm³/mol. The molecule has 3 aromatic rings. The van der Waals surface area contributed by atoms with E-state index >= 15 is 0 Å². The van der Waals surface area contributed by atoms with E-state index in [-0.39, 0.29) is 0 Å². The van der Waals surface area contributed by atoms with Crippen LogP contribution in [-0.2, 0) is 6.42 Å². The lowest BCUT2D eigenvalue weighted by atomic mass is 10.0. The Hall–Kier alpha value is -2.28. The number of rotatable bonds is 0. The quantitative estimate of drug-likeness (QED) is 0.423. The molecule has 0 unspecified atom stereocenters. The minimum atomic E-state index is 1.06. The summed E-state index contributed by atoms with van der Waals surface area (Å²) in [6.07, 6.45) is 7.75. The fraction of sp³-hybridized carbons (Fsp3) is 0.0588. The number of allylic oxidation sites excluding steroid dienone is 1. The van der Waals surface area contributed by atoms with Gasteiger partial charge < -0.3 is 4.57 Å². The molecule has 0 saturated heterocycles. The molecule has 1 nitrogen and oxygen atoms in total. The van der Waals surface area contributed by atoms with Gasteiger partial charge in [-0.05, 0) is 21.9 Å². The average Bonchev–Trinajstić information content (AvgIpc) is 3.03. The van der Waals surface area contributed by atoms with Gasteiger partial charge in [0, 0.05) is 35.6 Å². The Kier molecular flexibility index (Phi) is 1.34. The summed E-state index contributed by atoms with van der Waals surface area (Å²) in [6.45, 7) is 0. The van der Waals surface area contributed by atoms with Crippen LogP contribution in [0.4, 0.5) is 0 Å². The van der Waals surface area contributed by atoms with Crippen LogP contribution in [0.15, 0.2) is 48.7 Å². The van der Waals surface area contributed by atoms with Crippen LogP contribution in [0.2, 0.25) is 0 Å². The Balaban J connectivity index is 2.03. The molecule has 0 atom stereocenters. The van der Waals surface area contributed by atoms with Crippen LogP contribution in [0, 0.1) is 0 Å². The highest BCUT2D eigenvalue weighted by molar-refractivity contribution is 6.16. The summed E-state index contributed by atoms with van der Waals surface area (Å²) in [6, 6.07) is 13.3. The van der Waals surface area contributed by atoms with Gasteiger partial charge in [-0.15, -0.1) is 0 Å². The Labute approximate surface area is 105 Å².